The van der Waals surface area contributed by atoms with Gasteiger partial charge >= 0.3 is 0 Å². The van der Waals surface area contributed by atoms with Crippen LogP contribution in [0.2, 0.25) is 0 Å². The standard InChI is InChI=1S/C27H28F3N5OS2/c1-15(2)14-32-26-31-12-11-20(33-26)24-23(34-25(37-24)27(3,4)5)17-7-6-8-19(22(17)30)35-38(36)21-13-16(28)9-10-18(21)29/h6-13,15,35H,14H2,1-5H3,(H,31,32,33). The average molecular weight is 560 g/mol. The number of anilines is 2. The average Bonchev–Trinajstić information content (AvgIpc) is 3.32. The summed E-state index contributed by atoms with van der Waals surface area (Å²) in [6.07, 6.45) is 1.64. The molecule has 0 aliphatic carbocycles. The summed E-state index contributed by atoms with van der Waals surface area (Å²) in [5.74, 6) is -1.49. The van der Waals surface area contributed by atoms with Crippen molar-refractivity contribution in [2.24, 2.45) is 5.92 Å². The molecule has 0 spiro atoms. The summed E-state index contributed by atoms with van der Waals surface area (Å²) in [5.41, 5.74) is 0.660. The molecule has 0 aliphatic heterocycles. The van der Waals surface area contributed by atoms with Crippen LogP contribution in [-0.4, -0.2) is 25.7 Å². The molecule has 2 heterocycles. The first-order valence-corrected chi connectivity index (χ1v) is 13.9. The maximum absolute atomic E-state index is 15.9. The van der Waals surface area contributed by atoms with Crippen LogP contribution < -0.4 is 10.0 Å². The Morgan fingerprint density at radius 2 is 1.82 bits per heavy atom. The van der Waals surface area contributed by atoms with Crippen molar-refractivity contribution in [1.82, 2.24) is 15.0 Å². The quantitative estimate of drug-likeness (QED) is 0.239. The number of hydrogen-bond donors (Lipinski definition) is 2. The number of halogens is 3. The Morgan fingerprint density at radius 3 is 2.53 bits per heavy atom. The van der Waals surface area contributed by atoms with E-state index < -0.39 is 33.3 Å². The normalized spacial score (nSPS) is 12.6. The molecule has 11 heteroatoms. The lowest BCUT2D eigenvalue weighted by Crippen LogP contribution is -2.10. The van der Waals surface area contributed by atoms with Gasteiger partial charge in [0.1, 0.15) is 11.6 Å². The fourth-order valence-corrected chi connectivity index (χ4v) is 5.47. The van der Waals surface area contributed by atoms with Crippen molar-refractivity contribution in [3.63, 3.8) is 0 Å². The fourth-order valence-electron chi connectivity index (χ4n) is 3.43. The number of nitrogens with one attached hydrogen (secondary N) is 2. The monoisotopic (exact) mass is 559 g/mol. The highest BCUT2D eigenvalue weighted by molar-refractivity contribution is 7.86. The summed E-state index contributed by atoms with van der Waals surface area (Å²) >= 11 is 1.41. The molecule has 2 N–H and O–H groups in total. The molecule has 4 rings (SSSR count). The van der Waals surface area contributed by atoms with E-state index in [-0.39, 0.29) is 16.7 Å². The highest BCUT2D eigenvalue weighted by atomic mass is 32.2. The molecule has 0 bridgehead atoms. The topological polar surface area (TPSA) is 79.8 Å². The van der Waals surface area contributed by atoms with E-state index in [0.29, 0.717) is 34.7 Å². The Balaban J connectivity index is 1.77. The molecule has 1 unspecified atom stereocenters. The van der Waals surface area contributed by atoms with E-state index in [1.165, 1.54) is 17.4 Å². The lowest BCUT2D eigenvalue weighted by molar-refractivity contribution is 0.572. The minimum absolute atomic E-state index is 0.136. The van der Waals surface area contributed by atoms with E-state index in [2.05, 4.69) is 33.9 Å². The van der Waals surface area contributed by atoms with Crippen molar-refractivity contribution >= 4 is 34.0 Å². The predicted octanol–water partition coefficient (Wildman–Crippen LogP) is 7.18. The first-order chi connectivity index (χ1) is 17.9. The van der Waals surface area contributed by atoms with E-state index >= 15 is 4.39 Å². The summed E-state index contributed by atoms with van der Waals surface area (Å²) in [4.78, 5) is 13.9. The van der Waals surface area contributed by atoms with E-state index in [4.69, 9.17) is 4.98 Å². The van der Waals surface area contributed by atoms with Gasteiger partial charge in [0.25, 0.3) is 0 Å². The molecule has 0 aliphatic rings. The lowest BCUT2D eigenvalue weighted by atomic mass is 9.98. The zero-order chi connectivity index (χ0) is 27.6. The largest absolute Gasteiger partial charge is 0.354 e. The van der Waals surface area contributed by atoms with E-state index in [9.17, 15) is 13.0 Å². The summed E-state index contributed by atoms with van der Waals surface area (Å²) in [6.45, 7) is 10.9. The van der Waals surface area contributed by atoms with Gasteiger partial charge in [-0.15, -0.1) is 11.3 Å². The highest BCUT2D eigenvalue weighted by Gasteiger charge is 2.26. The van der Waals surface area contributed by atoms with Gasteiger partial charge in [0.05, 0.1) is 31.9 Å². The van der Waals surface area contributed by atoms with Gasteiger partial charge in [0.2, 0.25) is 5.95 Å². The smallest absolute Gasteiger partial charge is 0.223 e. The second-order valence-corrected chi connectivity index (χ2v) is 12.3. The molecule has 200 valence electrons. The Hall–Kier alpha value is -3.31. The molecular formula is C27H28F3N5OS2. The van der Waals surface area contributed by atoms with Crippen LogP contribution in [0.15, 0.2) is 53.6 Å². The molecule has 38 heavy (non-hydrogen) atoms. The van der Waals surface area contributed by atoms with Crippen LogP contribution in [0, 0.1) is 23.4 Å². The highest BCUT2D eigenvalue weighted by Crippen LogP contribution is 2.42. The minimum Gasteiger partial charge on any atom is -0.354 e. The first kappa shape index (κ1) is 27.7. The van der Waals surface area contributed by atoms with Gasteiger partial charge in [-0.25, -0.2) is 32.3 Å². The number of rotatable bonds is 8. The van der Waals surface area contributed by atoms with Crippen molar-refractivity contribution in [2.75, 3.05) is 16.6 Å². The maximum atomic E-state index is 15.9. The number of benzene rings is 2. The van der Waals surface area contributed by atoms with Gasteiger partial charge in [0, 0.05) is 23.7 Å². The van der Waals surface area contributed by atoms with Gasteiger partial charge in [-0.2, -0.15) is 0 Å². The van der Waals surface area contributed by atoms with Crippen LogP contribution in [0.3, 0.4) is 0 Å². The fraction of sp³-hybridized carbons (Fsp3) is 0.296. The van der Waals surface area contributed by atoms with Crippen LogP contribution >= 0.6 is 11.3 Å². The van der Waals surface area contributed by atoms with E-state index in [1.807, 2.05) is 20.8 Å². The van der Waals surface area contributed by atoms with Crippen LogP contribution in [-0.2, 0) is 16.4 Å². The van der Waals surface area contributed by atoms with Crippen molar-refractivity contribution in [3.05, 3.63) is 71.1 Å². The summed E-state index contributed by atoms with van der Waals surface area (Å²) < 4.78 is 58.8. The molecule has 0 radical (unpaired) electrons. The molecule has 0 amide bonds. The Labute approximate surface area is 226 Å². The van der Waals surface area contributed by atoms with E-state index in [0.717, 1.165) is 23.2 Å². The van der Waals surface area contributed by atoms with E-state index in [1.54, 1.807) is 24.4 Å². The molecule has 0 saturated carbocycles. The van der Waals surface area contributed by atoms with Crippen LogP contribution in [0.5, 0.6) is 0 Å². The Morgan fingerprint density at radius 1 is 1.05 bits per heavy atom. The van der Waals surface area contributed by atoms with Crippen molar-refractivity contribution in [3.8, 4) is 21.8 Å². The molecule has 0 fully saturated rings. The first-order valence-electron chi connectivity index (χ1n) is 11.9. The lowest BCUT2D eigenvalue weighted by Gasteiger charge is -2.13. The summed E-state index contributed by atoms with van der Waals surface area (Å²) in [7, 11) is -2.24. The number of aromatic nitrogens is 3. The van der Waals surface area contributed by atoms with Gasteiger partial charge in [-0.05, 0) is 42.3 Å². The molecule has 4 aromatic rings. The second-order valence-electron chi connectivity index (χ2n) is 10.1. The second kappa shape index (κ2) is 11.2. The Bertz CT molecular complexity index is 1480. The van der Waals surface area contributed by atoms with Gasteiger partial charge in [-0.1, -0.05) is 40.7 Å². The zero-order valence-corrected chi connectivity index (χ0v) is 23.2. The summed E-state index contributed by atoms with van der Waals surface area (Å²) in [5, 5.41) is 3.98. The van der Waals surface area contributed by atoms with Gasteiger partial charge < -0.3 is 5.32 Å². The van der Waals surface area contributed by atoms with Crippen LogP contribution in [0.25, 0.3) is 21.8 Å². The van der Waals surface area contributed by atoms with Crippen LogP contribution in [0.1, 0.15) is 39.6 Å². The third kappa shape index (κ3) is 6.21. The zero-order valence-electron chi connectivity index (χ0n) is 21.6. The molecule has 2 aromatic carbocycles. The number of nitrogens with zero attached hydrogens (tertiary/aromatic N) is 3. The Kier molecular flexibility index (Phi) is 8.17. The maximum Gasteiger partial charge on any atom is 0.223 e. The van der Waals surface area contributed by atoms with Crippen molar-refractivity contribution < 1.29 is 17.4 Å². The third-order valence-electron chi connectivity index (χ3n) is 5.37. The minimum atomic E-state index is -2.24. The molecule has 6 nitrogen and oxygen atoms in total. The molecule has 2 aromatic heterocycles. The van der Waals surface area contributed by atoms with Gasteiger partial charge in [-0.3, -0.25) is 4.72 Å². The SMILES string of the molecule is CC(C)CNc1nccc(-c2sc(C(C)(C)C)nc2-c2cccc(NS(=O)c3cc(F)ccc3F)c2F)n1. The molecule has 1 atom stereocenters. The third-order valence-corrected chi connectivity index (χ3v) is 8.00. The summed E-state index contributed by atoms with van der Waals surface area (Å²) in [6, 6.07) is 8.87. The number of thiazole rings is 1. The van der Waals surface area contributed by atoms with Crippen molar-refractivity contribution in [1.29, 1.82) is 0 Å². The molecule has 0 saturated heterocycles. The molecular weight excluding hydrogens is 531 g/mol. The predicted molar refractivity (Wildman–Crippen MR) is 147 cm³/mol. The van der Waals surface area contributed by atoms with Gasteiger partial charge in [0.15, 0.2) is 16.8 Å². The van der Waals surface area contributed by atoms with Crippen molar-refractivity contribution in [2.45, 2.75) is 44.9 Å². The van der Waals surface area contributed by atoms with Crippen LogP contribution in [0.4, 0.5) is 24.8 Å². The number of hydrogen-bond acceptors (Lipinski definition) is 6.